The zero-order valence-electron chi connectivity index (χ0n) is 13.7. The molecule has 0 spiro atoms. The summed E-state index contributed by atoms with van der Waals surface area (Å²) in [5, 5.41) is 5.60. The van der Waals surface area contributed by atoms with E-state index in [0.29, 0.717) is 22.7 Å². The molecule has 6 nitrogen and oxygen atoms in total. The quantitative estimate of drug-likeness (QED) is 0.647. The lowest BCUT2D eigenvalue weighted by Crippen LogP contribution is -2.14. The molecule has 1 aliphatic rings. The third-order valence-corrected chi connectivity index (χ3v) is 3.72. The molecule has 0 radical (unpaired) electrons. The van der Waals surface area contributed by atoms with Gasteiger partial charge >= 0.3 is 5.97 Å². The van der Waals surface area contributed by atoms with Crippen LogP contribution < -0.4 is 15.4 Å². The predicted octanol–water partition coefficient (Wildman–Crippen LogP) is 3.21. The molecule has 0 heterocycles. The lowest BCUT2D eigenvalue weighted by Gasteiger charge is -2.08. The minimum Gasteiger partial charge on any atom is -0.427 e. The summed E-state index contributed by atoms with van der Waals surface area (Å²) in [5.74, 6) is -0.258. The molecule has 6 heteroatoms. The maximum absolute atomic E-state index is 12.3. The summed E-state index contributed by atoms with van der Waals surface area (Å²) in [6, 6.07) is 13.3. The molecule has 1 aliphatic carbocycles. The van der Waals surface area contributed by atoms with Crippen molar-refractivity contribution >= 4 is 29.2 Å². The van der Waals surface area contributed by atoms with Crippen LogP contribution in [-0.2, 0) is 9.59 Å². The summed E-state index contributed by atoms with van der Waals surface area (Å²) in [7, 11) is 0. The summed E-state index contributed by atoms with van der Waals surface area (Å²) in [6.07, 6.45) is 1.90. The lowest BCUT2D eigenvalue weighted by atomic mass is 10.2. The molecule has 2 aromatic carbocycles. The molecule has 128 valence electrons. The maximum Gasteiger partial charge on any atom is 0.308 e. The number of carbonyl (C=O) groups is 3. The highest BCUT2D eigenvalue weighted by molar-refractivity contribution is 6.04. The number of nitrogens with one attached hydrogen (secondary N) is 2. The number of esters is 1. The van der Waals surface area contributed by atoms with Crippen molar-refractivity contribution in [3.8, 4) is 5.75 Å². The highest BCUT2D eigenvalue weighted by atomic mass is 16.5. The van der Waals surface area contributed by atoms with Crippen molar-refractivity contribution in [2.75, 3.05) is 10.6 Å². The van der Waals surface area contributed by atoms with E-state index in [0.717, 1.165) is 12.8 Å². The molecule has 1 fully saturated rings. The zero-order valence-corrected chi connectivity index (χ0v) is 13.7. The zero-order chi connectivity index (χ0) is 17.8. The van der Waals surface area contributed by atoms with Gasteiger partial charge in [0.2, 0.25) is 5.91 Å². The number of carbonyl (C=O) groups excluding carboxylic acids is 3. The molecule has 0 atom stereocenters. The van der Waals surface area contributed by atoms with E-state index in [1.54, 1.807) is 42.5 Å². The van der Waals surface area contributed by atoms with E-state index in [4.69, 9.17) is 4.74 Å². The van der Waals surface area contributed by atoms with E-state index in [1.807, 2.05) is 0 Å². The number of rotatable bonds is 5. The smallest absolute Gasteiger partial charge is 0.308 e. The Hall–Kier alpha value is -3.15. The lowest BCUT2D eigenvalue weighted by molar-refractivity contribution is -0.131. The van der Waals surface area contributed by atoms with Crippen LogP contribution >= 0.6 is 0 Å². The Bertz CT molecular complexity index is 810. The highest BCUT2D eigenvalue weighted by Gasteiger charge is 2.29. The van der Waals surface area contributed by atoms with E-state index in [9.17, 15) is 14.4 Å². The second-order valence-corrected chi connectivity index (χ2v) is 5.92. The molecule has 1 saturated carbocycles. The first-order valence-corrected chi connectivity index (χ1v) is 8.02. The summed E-state index contributed by atoms with van der Waals surface area (Å²) in [6.45, 7) is 1.30. The van der Waals surface area contributed by atoms with Gasteiger partial charge in [0, 0.05) is 29.8 Å². The topological polar surface area (TPSA) is 84.5 Å². The van der Waals surface area contributed by atoms with Crippen molar-refractivity contribution in [1.29, 1.82) is 0 Å². The van der Waals surface area contributed by atoms with Crippen LogP contribution in [0.25, 0.3) is 0 Å². The number of hydrogen-bond acceptors (Lipinski definition) is 4. The van der Waals surface area contributed by atoms with E-state index in [1.165, 1.54) is 13.0 Å². The van der Waals surface area contributed by atoms with Crippen molar-refractivity contribution < 1.29 is 19.1 Å². The van der Waals surface area contributed by atoms with Gasteiger partial charge in [-0.05, 0) is 55.3 Å². The van der Waals surface area contributed by atoms with Gasteiger partial charge in [-0.3, -0.25) is 14.4 Å². The average molecular weight is 338 g/mol. The Morgan fingerprint density at radius 1 is 0.960 bits per heavy atom. The van der Waals surface area contributed by atoms with Crippen LogP contribution in [0, 0.1) is 5.92 Å². The van der Waals surface area contributed by atoms with Crippen LogP contribution in [0.2, 0.25) is 0 Å². The molecule has 0 aromatic heterocycles. The van der Waals surface area contributed by atoms with Gasteiger partial charge in [-0.15, -0.1) is 0 Å². The van der Waals surface area contributed by atoms with Gasteiger partial charge in [-0.25, -0.2) is 0 Å². The summed E-state index contributed by atoms with van der Waals surface area (Å²) in [5.41, 5.74) is 1.68. The van der Waals surface area contributed by atoms with Gasteiger partial charge in [-0.1, -0.05) is 6.07 Å². The van der Waals surface area contributed by atoms with Gasteiger partial charge in [0.05, 0.1) is 0 Å². The second-order valence-electron chi connectivity index (χ2n) is 5.92. The molecule has 0 bridgehead atoms. The fraction of sp³-hybridized carbons (Fsp3) is 0.211. The molecule has 25 heavy (non-hydrogen) atoms. The number of anilines is 2. The Balaban J connectivity index is 1.62. The fourth-order valence-corrected chi connectivity index (χ4v) is 2.30. The Labute approximate surface area is 145 Å². The van der Waals surface area contributed by atoms with Crippen molar-refractivity contribution in [3.05, 3.63) is 54.1 Å². The molecule has 0 saturated heterocycles. The minimum absolute atomic E-state index is 0.0408. The summed E-state index contributed by atoms with van der Waals surface area (Å²) >= 11 is 0. The molecule has 0 aliphatic heterocycles. The van der Waals surface area contributed by atoms with Crippen molar-refractivity contribution in [1.82, 2.24) is 0 Å². The minimum atomic E-state index is -0.443. The number of benzene rings is 2. The van der Waals surface area contributed by atoms with Crippen molar-refractivity contribution in [3.63, 3.8) is 0 Å². The Morgan fingerprint density at radius 2 is 1.60 bits per heavy atom. The van der Waals surface area contributed by atoms with Crippen molar-refractivity contribution in [2.45, 2.75) is 19.8 Å². The van der Waals surface area contributed by atoms with Crippen LogP contribution in [0.15, 0.2) is 48.5 Å². The standard InChI is InChI=1S/C19H18N2O4/c1-12(22)25-17-4-2-3-14(11-17)19(24)21-16-9-7-15(8-10-16)20-18(23)13-5-6-13/h2-4,7-11,13H,5-6H2,1H3,(H,20,23)(H,21,24). The first-order chi connectivity index (χ1) is 12.0. The van der Waals surface area contributed by atoms with E-state index >= 15 is 0 Å². The first-order valence-electron chi connectivity index (χ1n) is 8.02. The van der Waals surface area contributed by atoms with Gasteiger partial charge in [-0.2, -0.15) is 0 Å². The normalized spacial score (nSPS) is 13.0. The van der Waals surface area contributed by atoms with Crippen LogP contribution in [0.4, 0.5) is 11.4 Å². The molecule has 2 N–H and O–H groups in total. The van der Waals surface area contributed by atoms with Gasteiger partial charge in [0.25, 0.3) is 5.91 Å². The largest absolute Gasteiger partial charge is 0.427 e. The number of hydrogen-bond donors (Lipinski definition) is 2. The van der Waals surface area contributed by atoms with Crippen LogP contribution in [0.1, 0.15) is 30.1 Å². The van der Waals surface area contributed by atoms with Gasteiger partial charge in [0.1, 0.15) is 5.75 Å². The summed E-state index contributed by atoms with van der Waals surface area (Å²) in [4.78, 5) is 35.0. The van der Waals surface area contributed by atoms with E-state index < -0.39 is 5.97 Å². The monoisotopic (exact) mass is 338 g/mol. The first kappa shape index (κ1) is 16.7. The van der Waals surface area contributed by atoms with E-state index in [-0.39, 0.29) is 17.7 Å². The molecule has 2 aromatic rings. The van der Waals surface area contributed by atoms with Crippen molar-refractivity contribution in [2.24, 2.45) is 5.92 Å². The molecule has 2 amide bonds. The highest BCUT2D eigenvalue weighted by Crippen LogP contribution is 2.30. The van der Waals surface area contributed by atoms with Crippen LogP contribution in [-0.4, -0.2) is 17.8 Å². The SMILES string of the molecule is CC(=O)Oc1cccc(C(=O)Nc2ccc(NC(=O)C3CC3)cc2)c1. The average Bonchev–Trinajstić information content (AvgIpc) is 3.41. The maximum atomic E-state index is 12.3. The molecular weight excluding hydrogens is 320 g/mol. The molecular formula is C19H18N2O4. The predicted molar refractivity (Wildman–Crippen MR) is 93.5 cm³/mol. The number of ether oxygens (including phenoxy) is 1. The Kier molecular flexibility index (Phi) is 4.79. The van der Waals surface area contributed by atoms with Gasteiger partial charge in [0.15, 0.2) is 0 Å². The molecule has 3 rings (SSSR count). The van der Waals surface area contributed by atoms with Gasteiger partial charge < -0.3 is 15.4 Å². The van der Waals surface area contributed by atoms with E-state index in [2.05, 4.69) is 10.6 Å². The van der Waals surface area contributed by atoms with Crippen LogP contribution in [0.3, 0.4) is 0 Å². The summed E-state index contributed by atoms with van der Waals surface area (Å²) < 4.78 is 4.97. The third kappa shape index (κ3) is 4.67. The Morgan fingerprint density at radius 3 is 2.20 bits per heavy atom. The molecule has 0 unspecified atom stereocenters. The van der Waals surface area contributed by atoms with Crippen LogP contribution in [0.5, 0.6) is 5.75 Å². The number of amides is 2. The third-order valence-electron chi connectivity index (χ3n) is 3.72. The second kappa shape index (κ2) is 7.17. The fourth-order valence-electron chi connectivity index (χ4n) is 2.30.